The molecule has 0 bridgehead atoms. The van der Waals surface area contributed by atoms with Crippen LogP contribution in [0.25, 0.3) is 78.1 Å². The van der Waals surface area contributed by atoms with Crippen LogP contribution in [0.1, 0.15) is 22.3 Å². The van der Waals surface area contributed by atoms with Crippen LogP contribution in [-0.2, 0) is 5.41 Å². The number of hydrogen-bond acceptors (Lipinski definition) is 3. The predicted molar refractivity (Wildman–Crippen MR) is 248 cm³/mol. The van der Waals surface area contributed by atoms with Gasteiger partial charge >= 0.3 is 0 Å². The van der Waals surface area contributed by atoms with E-state index in [9.17, 15) is 0 Å². The van der Waals surface area contributed by atoms with E-state index in [1.165, 1.54) is 65.2 Å². The molecule has 0 amide bonds. The monoisotopic (exact) mass is 780 g/mol. The van der Waals surface area contributed by atoms with Crippen molar-refractivity contribution in [1.82, 2.24) is 9.97 Å². The van der Waals surface area contributed by atoms with Crippen molar-refractivity contribution in [3.8, 4) is 67.3 Å². The molecule has 0 N–H and O–H groups in total. The fraction of sp³-hybridized carbons (Fsp3) is 0.0175. The van der Waals surface area contributed by atoms with Gasteiger partial charge in [0.2, 0.25) is 0 Å². The normalized spacial score (nSPS) is 13.1. The van der Waals surface area contributed by atoms with Gasteiger partial charge in [-0.2, -0.15) is 0 Å². The molecule has 12 rings (SSSR count). The summed E-state index contributed by atoms with van der Waals surface area (Å²) < 4.78 is 0. The topological polar surface area (TPSA) is 25.8 Å². The molecule has 3 heteroatoms. The Morgan fingerprint density at radius 1 is 0.300 bits per heavy atom. The molecular weight excluding hydrogens is 745 g/mol. The lowest BCUT2D eigenvalue weighted by atomic mass is 9.67. The summed E-state index contributed by atoms with van der Waals surface area (Å²) in [5.74, 6) is 0.696. The maximum absolute atomic E-state index is 5.38. The standard InChI is InChI=1S/C57H36N2S/c1-3-16-37(17-4-1)42-31-32-47(44-23-8-7-22-43(42)44)53-36-52(38-18-5-2-6-19-38)58-56(59-53)41-21-15-20-39(34-41)40-30-33-55-51(35-40)57(50-28-13-14-29-54(50)60-55)48-26-11-9-24-45(48)46-25-10-12-27-49(46)57/h1-36H. The Morgan fingerprint density at radius 2 is 0.833 bits per heavy atom. The first-order valence-corrected chi connectivity index (χ1v) is 21.3. The third-order valence-corrected chi connectivity index (χ3v) is 13.5. The first-order chi connectivity index (χ1) is 29.7. The van der Waals surface area contributed by atoms with Crippen molar-refractivity contribution in [1.29, 1.82) is 0 Å². The van der Waals surface area contributed by atoms with E-state index in [1.54, 1.807) is 0 Å². The van der Waals surface area contributed by atoms with E-state index in [0.717, 1.165) is 39.0 Å². The van der Waals surface area contributed by atoms with Crippen molar-refractivity contribution in [2.45, 2.75) is 15.2 Å². The smallest absolute Gasteiger partial charge is 0.160 e. The lowest BCUT2D eigenvalue weighted by molar-refractivity contribution is 0.723. The second kappa shape index (κ2) is 13.9. The van der Waals surface area contributed by atoms with Crippen LogP contribution in [0.3, 0.4) is 0 Å². The van der Waals surface area contributed by atoms with Gasteiger partial charge in [0.05, 0.1) is 16.8 Å². The molecule has 2 aliphatic rings. The number of rotatable bonds is 5. The van der Waals surface area contributed by atoms with Crippen LogP contribution in [0.2, 0.25) is 0 Å². The Labute approximate surface area is 353 Å². The summed E-state index contributed by atoms with van der Waals surface area (Å²) in [5.41, 5.74) is 17.1. The number of aromatic nitrogens is 2. The Hall–Kier alpha value is -7.33. The molecule has 0 fully saturated rings. The summed E-state index contributed by atoms with van der Waals surface area (Å²) in [4.78, 5) is 13.2. The third kappa shape index (κ3) is 5.36. The zero-order chi connectivity index (χ0) is 39.6. The van der Waals surface area contributed by atoms with E-state index >= 15 is 0 Å². The first-order valence-electron chi connectivity index (χ1n) is 20.5. The lowest BCUT2D eigenvalue weighted by Gasteiger charge is -2.40. The molecule has 1 aliphatic heterocycles. The van der Waals surface area contributed by atoms with E-state index in [1.807, 2.05) is 17.8 Å². The molecule has 1 aromatic heterocycles. The Balaban J connectivity index is 1.02. The van der Waals surface area contributed by atoms with Gasteiger partial charge in [0.25, 0.3) is 0 Å². The minimum Gasteiger partial charge on any atom is -0.228 e. The van der Waals surface area contributed by atoms with Crippen molar-refractivity contribution >= 4 is 22.5 Å². The Kier molecular flexibility index (Phi) is 8.04. The average Bonchev–Trinajstić information content (AvgIpc) is 3.62. The van der Waals surface area contributed by atoms with E-state index in [2.05, 4.69) is 212 Å². The molecule has 0 saturated heterocycles. The molecule has 10 aromatic rings. The van der Waals surface area contributed by atoms with Crippen molar-refractivity contribution in [2.24, 2.45) is 0 Å². The van der Waals surface area contributed by atoms with Crippen LogP contribution in [0, 0.1) is 0 Å². The van der Waals surface area contributed by atoms with E-state index in [0.29, 0.717) is 5.82 Å². The van der Waals surface area contributed by atoms with Gasteiger partial charge in [-0.25, -0.2) is 9.97 Å². The van der Waals surface area contributed by atoms with Crippen molar-refractivity contribution < 1.29 is 0 Å². The second-order valence-corrected chi connectivity index (χ2v) is 16.7. The Bertz CT molecular complexity index is 3250. The third-order valence-electron chi connectivity index (χ3n) is 12.4. The van der Waals surface area contributed by atoms with Crippen molar-refractivity contribution in [3.05, 3.63) is 241 Å². The predicted octanol–water partition coefficient (Wildman–Crippen LogP) is 14.8. The SMILES string of the molecule is c1ccc(-c2cc(-c3ccc(-c4ccccc4)c4ccccc34)nc(-c3cccc(-c4ccc5c(c4)C4(c6ccccc6S5)c5ccccc5-c5ccccc54)c3)n2)cc1. The molecule has 2 nitrogen and oxygen atoms in total. The minimum absolute atomic E-state index is 0.432. The van der Waals surface area contributed by atoms with Crippen LogP contribution < -0.4 is 0 Å². The van der Waals surface area contributed by atoms with E-state index in [4.69, 9.17) is 9.97 Å². The van der Waals surface area contributed by atoms with E-state index < -0.39 is 5.41 Å². The maximum Gasteiger partial charge on any atom is 0.160 e. The van der Waals surface area contributed by atoms with Crippen LogP contribution in [0.4, 0.5) is 0 Å². The summed E-state index contributed by atoms with van der Waals surface area (Å²) in [5, 5.41) is 2.36. The quantitative estimate of drug-likeness (QED) is 0.174. The molecule has 280 valence electrons. The maximum atomic E-state index is 5.38. The van der Waals surface area contributed by atoms with Gasteiger partial charge in [0, 0.05) is 26.5 Å². The van der Waals surface area contributed by atoms with Gasteiger partial charge in [-0.05, 0) is 96.7 Å². The number of nitrogens with zero attached hydrogens (tertiary/aromatic N) is 2. The molecule has 0 saturated carbocycles. The van der Waals surface area contributed by atoms with Crippen LogP contribution in [0.15, 0.2) is 228 Å². The summed E-state index contributed by atoms with van der Waals surface area (Å²) in [6.07, 6.45) is 0. The lowest BCUT2D eigenvalue weighted by Crippen LogP contribution is -2.32. The largest absolute Gasteiger partial charge is 0.228 e. The molecule has 1 aliphatic carbocycles. The zero-order valence-electron chi connectivity index (χ0n) is 32.6. The summed E-state index contributed by atoms with van der Waals surface area (Å²) in [7, 11) is 0. The van der Waals surface area contributed by atoms with Crippen LogP contribution >= 0.6 is 11.8 Å². The zero-order valence-corrected chi connectivity index (χ0v) is 33.4. The summed E-state index contributed by atoms with van der Waals surface area (Å²) >= 11 is 1.88. The average molecular weight is 781 g/mol. The first kappa shape index (κ1) is 34.7. The van der Waals surface area contributed by atoms with Gasteiger partial charge in [-0.1, -0.05) is 200 Å². The summed E-state index contributed by atoms with van der Waals surface area (Å²) in [6, 6.07) is 79.1. The van der Waals surface area contributed by atoms with Gasteiger partial charge in [-0.3, -0.25) is 0 Å². The van der Waals surface area contributed by atoms with Gasteiger partial charge < -0.3 is 0 Å². The second-order valence-electron chi connectivity index (χ2n) is 15.6. The van der Waals surface area contributed by atoms with E-state index in [-0.39, 0.29) is 0 Å². The van der Waals surface area contributed by atoms with Crippen LogP contribution in [0.5, 0.6) is 0 Å². The number of fused-ring (bicyclic) bond motifs is 10. The fourth-order valence-corrected chi connectivity index (χ4v) is 10.9. The minimum atomic E-state index is -0.432. The molecule has 0 unspecified atom stereocenters. The van der Waals surface area contributed by atoms with Gasteiger partial charge in [-0.15, -0.1) is 0 Å². The molecule has 2 heterocycles. The molecule has 1 spiro atoms. The highest BCUT2D eigenvalue weighted by atomic mass is 32.2. The molecule has 60 heavy (non-hydrogen) atoms. The molecule has 0 radical (unpaired) electrons. The molecule has 9 aromatic carbocycles. The molecule has 0 atom stereocenters. The highest BCUT2D eigenvalue weighted by Crippen LogP contribution is 2.62. The summed E-state index contributed by atoms with van der Waals surface area (Å²) in [6.45, 7) is 0. The van der Waals surface area contributed by atoms with Crippen LogP contribution in [-0.4, -0.2) is 9.97 Å². The highest BCUT2D eigenvalue weighted by molar-refractivity contribution is 7.99. The Morgan fingerprint density at radius 3 is 1.58 bits per heavy atom. The van der Waals surface area contributed by atoms with Gasteiger partial charge in [0.1, 0.15) is 0 Å². The highest BCUT2D eigenvalue weighted by Gasteiger charge is 2.50. The van der Waals surface area contributed by atoms with Gasteiger partial charge in [0.15, 0.2) is 5.82 Å². The fourth-order valence-electron chi connectivity index (χ4n) is 9.74. The van der Waals surface area contributed by atoms with Crippen molar-refractivity contribution in [3.63, 3.8) is 0 Å². The number of benzene rings is 9. The number of hydrogen-bond donors (Lipinski definition) is 0. The molecular formula is C57H36N2S. The van der Waals surface area contributed by atoms with Crippen molar-refractivity contribution in [2.75, 3.05) is 0 Å².